The van der Waals surface area contributed by atoms with Crippen LogP contribution in [0, 0.1) is 11.6 Å². The molecule has 0 saturated carbocycles. The predicted octanol–water partition coefficient (Wildman–Crippen LogP) is 1.29. The number of nitrogens with two attached hydrogens (primary N) is 2. The third kappa shape index (κ3) is 2.30. The maximum absolute atomic E-state index is 13.5. The normalized spacial score (nSPS) is 13.8. The quantitative estimate of drug-likeness (QED) is 0.792. The highest BCUT2D eigenvalue weighted by atomic mass is 32.2. The lowest BCUT2D eigenvalue weighted by atomic mass is 10.1. The van der Waals surface area contributed by atoms with Crippen molar-refractivity contribution < 1.29 is 17.2 Å². The topological polar surface area (TPSA) is 86.2 Å². The van der Waals surface area contributed by atoms with Gasteiger partial charge in [0.2, 0.25) is 10.0 Å². The molecule has 1 atom stereocenters. The molecule has 0 spiro atoms. The lowest BCUT2D eigenvalue weighted by Gasteiger charge is -2.14. The van der Waals surface area contributed by atoms with Gasteiger partial charge in [0, 0.05) is 5.56 Å². The summed E-state index contributed by atoms with van der Waals surface area (Å²) < 4.78 is 48.8. The van der Waals surface area contributed by atoms with Gasteiger partial charge in [-0.25, -0.2) is 22.3 Å². The maximum atomic E-state index is 13.5. The van der Waals surface area contributed by atoms with Crippen LogP contribution in [0.1, 0.15) is 24.2 Å². The molecule has 1 aromatic rings. The van der Waals surface area contributed by atoms with Crippen molar-refractivity contribution in [2.45, 2.75) is 18.6 Å². The van der Waals surface area contributed by atoms with Crippen LogP contribution in [0.4, 0.5) is 14.5 Å². The molecule has 16 heavy (non-hydrogen) atoms. The number of halogens is 2. The number of anilines is 1. The minimum atomic E-state index is -3.94. The van der Waals surface area contributed by atoms with Gasteiger partial charge in [-0.15, -0.1) is 0 Å². The van der Waals surface area contributed by atoms with Gasteiger partial charge in [-0.3, -0.25) is 0 Å². The van der Waals surface area contributed by atoms with Crippen LogP contribution >= 0.6 is 0 Å². The highest BCUT2D eigenvalue weighted by Gasteiger charge is 2.26. The SMILES string of the molecule is CCC(c1ccc(F)c(N)c1F)S(N)(=O)=O. The molecule has 0 aliphatic heterocycles. The van der Waals surface area contributed by atoms with E-state index in [1.807, 2.05) is 0 Å². The minimum absolute atomic E-state index is 0.0842. The smallest absolute Gasteiger partial charge is 0.216 e. The van der Waals surface area contributed by atoms with Crippen molar-refractivity contribution in [2.24, 2.45) is 5.14 Å². The number of sulfonamides is 1. The third-order valence-electron chi connectivity index (χ3n) is 2.27. The molecule has 0 bridgehead atoms. The Morgan fingerprint density at radius 1 is 1.38 bits per heavy atom. The fraction of sp³-hybridized carbons (Fsp3) is 0.333. The first kappa shape index (κ1) is 12.9. The third-order valence-corrected chi connectivity index (χ3v) is 3.65. The van der Waals surface area contributed by atoms with Crippen molar-refractivity contribution >= 4 is 15.7 Å². The Hall–Kier alpha value is -1.21. The number of hydrogen-bond donors (Lipinski definition) is 2. The summed E-state index contributed by atoms with van der Waals surface area (Å²) in [6.07, 6.45) is 0.0842. The van der Waals surface area contributed by atoms with Crippen LogP contribution in [-0.2, 0) is 10.0 Å². The summed E-state index contributed by atoms with van der Waals surface area (Å²) in [6, 6.07) is 1.96. The van der Waals surface area contributed by atoms with Gasteiger partial charge < -0.3 is 5.73 Å². The van der Waals surface area contributed by atoms with Gasteiger partial charge in [-0.2, -0.15) is 0 Å². The van der Waals surface area contributed by atoms with Crippen LogP contribution in [0.15, 0.2) is 12.1 Å². The molecule has 0 aromatic heterocycles. The molecule has 4 nitrogen and oxygen atoms in total. The standard InChI is InChI=1S/C9H12F2N2O2S/c1-2-7(16(13,14)15)5-3-4-6(10)9(12)8(5)11/h3-4,7H,2,12H2,1H3,(H2,13,14,15). The number of rotatable bonds is 3. The van der Waals surface area contributed by atoms with Gasteiger partial charge in [0.15, 0.2) is 5.82 Å². The highest BCUT2D eigenvalue weighted by molar-refractivity contribution is 7.89. The monoisotopic (exact) mass is 250 g/mol. The zero-order chi connectivity index (χ0) is 12.5. The second-order valence-corrected chi connectivity index (χ2v) is 5.10. The summed E-state index contributed by atoms with van der Waals surface area (Å²) in [5.41, 5.74) is 4.23. The molecule has 0 heterocycles. The molecule has 0 saturated heterocycles. The summed E-state index contributed by atoms with van der Waals surface area (Å²) in [6.45, 7) is 1.54. The van der Waals surface area contributed by atoms with Gasteiger partial charge in [0.25, 0.3) is 0 Å². The Labute approximate surface area is 92.3 Å². The average Bonchev–Trinajstić information content (AvgIpc) is 2.17. The van der Waals surface area contributed by atoms with Crippen LogP contribution in [-0.4, -0.2) is 8.42 Å². The average molecular weight is 250 g/mol. The minimum Gasteiger partial charge on any atom is -0.394 e. The molecule has 4 N–H and O–H groups in total. The summed E-state index contributed by atoms with van der Waals surface area (Å²) in [5.74, 6) is -1.99. The Kier molecular flexibility index (Phi) is 3.49. The largest absolute Gasteiger partial charge is 0.394 e. The lowest BCUT2D eigenvalue weighted by Crippen LogP contribution is -2.22. The van der Waals surface area contributed by atoms with E-state index in [9.17, 15) is 17.2 Å². The lowest BCUT2D eigenvalue weighted by molar-refractivity contribution is 0.557. The van der Waals surface area contributed by atoms with Crippen LogP contribution in [0.25, 0.3) is 0 Å². The molecule has 0 radical (unpaired) electrons. The van der Waals surface area contributed by atoms with Crippen molar-refractivity contribution in [3.63, 3.8) is 0 Å². The molecular formula is C9H12F2N2O2S. The zero-order valence-electron chi connectivity index (χ0n) is 8.57. The van der Waals surface area contributed by atoms with E-state index in [2.05, 4.69) is 0 Å². The first-order chi connectivity index (χ1) is 7.29. The van der Waals surface area contributed by atoms with E-state index in [-0.39, 0.29) is 12.0 Å². The Morgan fingerprint density at radius 3 is 2.38 bits per heavy atom. The fourth-order valence-corrected chi connectivity index (χ4v) is 2.46. The molecule has 1 rings (SSSR count). The van der Waals surface area contributed by atoms with Gasteiger partial charge in [0.1, 0.15) is 16.8 Å². The van der Waals surface area contributed by atoms with E-state index in [0.29, 0.717) is 0 Å². The van der Waals surface area contributed by atoms with E-state index in [0.717, 1.165) is 12.1 Å². The van der Waals surface area contributed by atoms with Crippen LogP contribution in [0.2, 0.25) is 0 Å². The Balaban J connectivity index is 3.39. The molecule has 0 aliphatic rings. The van der Waals surface area contributed by atoms with Crippen molar-refractivity contribution in [1.29, 1.82) is 0 Å². The van der Waals surface area contributed by atoms with E-state index >= 15 is 0 Å². The van der Waals surface area contributed by atoms with Gasteiger partial charge in [0.05, 0.1) is 0 Å². The van der Waals surface area contributed by atoms with Crippen LogP contribution in [0.5, 0.6) is 0 Å². The van der Waals surface area contributed by atoms with Crippen LogP contribution in [0.3, 0.4) is 0 Å². The first-order valence-electron chi connectivity index (χ1n) is 4.54. The number of primary sulfonamides is 1. The van der Waals surface area contributed by atoms with E-state index in [4.69, 9.17) is 10.9 Å². The molecule has 0 aliphatic carbocycles. The van der Waals surface area contributed by atoms with E-state index in [1.165, 1.54) is 6.92 Å². The zero-order valence-corrected chi connectivity index (χ0v) is 9.39. The van der Waals surface area contributed by atoms with Crippen molar-refractivity contribution in [1.82, 2.24) is 0 Å². The summed E-state index contributed by atoms with van der Waals surface area (Å²) >= 11 is 0. The van der Waals surface area contributed by atoms with Crippen molar-refractivity contribution in [3.05, 3.63) is 29.3 Å². The highest BCUT2D eigenvalue weighted by Crippen LogP contribution is 2.29. The molecule has 1 unspecified atom stereocenters. The van der Waals surface area contributed by atoms with E-state index in [1.54, 1.807) is 0 Å². The van der Waals surface area contributed by atoms with Crippen molar-refractivity contribution in [3.8, 4) is 0 Å². The summed E-state index contributed by atoms with van der Waals surface area (Å²) in [7, 11) is -3.94. The maximum Gasteiger partial charge on any atom is 0.216 e. The fourth-order valence-electron chi connectivity index (χ4n) is 1.46. The molecule has 1 aromatic carbocycles. The molecule has 7 heteroatoms. The summed E-state index contributed by atoms with van der Waals surface area (Å²) in [5, 5.41) is 3.74. The van der Waals surface area contributed by atoms with E-state index < -0.39 is 32.6 Å². The number of nitrogen functional groups attached to an aromatic ring is 1. The Bertz CT molecular complexity index is 502. The number of benzene rings is 1. The predicted molar refractivity (Wildman–Crippen MR) is 56.9 cm³/mol. The Morgan fingerprint density at radius 2 is 1.94 bits per heavy atom. The second-order valence-electron chi connectivity index (χ2n) is 3.35. The van der Waals surface area contributed by atoms with Crippen LogP contribution < -0.4 is 10.9 Å². The van der Waals surface area contributed by atoms with Gasteiger partial charge in [-0.05, 0) is 12.5 Å². The molecule has 0 fully saturated rings. The second kappa shape index (κ2) is 4.34. The van der Waals surface area contributed by atoms with Crippen molar-refractivity contribution in [2.75, 3.05) is 5.73 Å². The molecule has 90 valence electrons. The summed E-state index contributed by atoms with van der Waals surface area (Å²) in [4.78, 5) is 0. The van der Waals surface area contributed by atoms with Gasteiger partial charge in [-0.1, -0.05) is 13.0 Å². The molecule has 0 amide bonds. The van der Waals surface area contributed by atoms with Gasteiger partial charge >= 0.3 is 0 Å². The number of hydrogen-bond acceptors (Lipinski definition) is 3. The molecular weight excluding hydrogens is 238 g/mol. The first-order valence-corrected chi connectivity index (χ1v) is 6.15.